The molecule has 1 saturated carbocycles. The van der Waals surface area contributed by atoms with Crippen LogP contribution in [0.4, 0.5) is 0 Å². The normalized spacial score (nSPS) is 17.2. The van der Waals surface area contributed by atoms with E-state index in [0.29, 0.717) is 13.2 Å². The number of methoxy groups -OCH3 is 1. The number of carbonyl (C=O) groups is 1. The van der Waals surface area contributed by atoms with E-state index in [4.69, 9.17) is 10.5 Å². The summed E-state index contributed by atoms with van der Waals surface area (Å²) in [5.41, 5.74) is 6.76. The van der Waals surface area contributed by atoms with Crippen molar-refractivity contribution in [2.24, 2.45) is 11.1 Å². The fourth-order valence-electron chi connectivity index (χ4n) is 3.51. The van der Waals surface area contributed by atoms with Crippen molar-refractivity contribution in [2.75, 3.05) is 20.3 Å². The van der Waals surface area contributed by atoms with E-state index in [-0.39, 0.29) is 17.4 Å². The van der Waals surface area contributed by atoms with Crippen LogP contribution in [0, 0.1) is 5.41 Å². The molecule has 1 fully saturated rings. The first-order chi connectivity index (χ1) is 11.7. The van der Waals surface area contributed by atoms with Crippen molar-refractivity contribution in [1.82, 2.24) is 5.32 Å². The van der Waals surface area contributed by atoms with Crippen LogP contribution in [-0.4, -0.2) is 26.2 Å². The van der Waals surface area contributed by atoms with E-state index in [1.165, 1.54) is 10.8 Å². The fraction of sp³-hybridized carbons (Fsp3) is 0.450. The topological polar surface area (TPSA) is 64.3 Å². The molecule has 4 heteroatoms. The SMILES string of the molecule is COCCC1(C(=O)NC(CN)c2ccc3ccccc3c2)CCC1. The molecule has 24 heavy (non-hydrogen) atoms. The van der Waals surface area contributed by atoms with Gasteiger partial charge in [-0.2, -0.15) is 0 Å². The van der Waals surface area contributed by atoms with Gasteiger partial charge in [-0.25, -0.2) is 0 Å². The number of hydrogen-bond donors (Lipinski definition) is 2. The Labute approximate surface area is 143 Å². The standard InChI is InChI=1S/C20H26N2O2/c1-24-12-11-20(9-4-10-20)19(23)22-18(14-21)17-8-7-15-5-2-3-6-16(15)13-17/h2-3,5-8,13,18H,4,9-12,14,21H2,1H3,(H,22,23). The maximum absolute atomic E-state index is 12.8. The van der Waals surface area contributed by atoms with Gasteiger partial charge >= 0.3 is 0 Å². The summed E-state index contributed by atoms with van der Waals surface area (Å²) in [6.07, 6.45) is 3.78. The van der Waals surface area contributed by atoms with E-state index >= 15 is 0 Å². The maximum Gasteiger partial charge on any atom is 0.226 e. The Balaban J connectivity index is 1.76. The van der Waals surface area contributed by atoms with Crippen molar-refractivity contribution in [1.29, 1.82) is 0 Å². The zero-order valence-corrected chi connectivity index (χ0v) is 14.3. The molecular weight excluding hydrogens is 300 g/mol. The van der Waals surface area contributed by atoms with Gasteiger partial charge in [-0.15, -0.1) is 0 Å². The first-order valence-electron chi connectivity index (χ1n) is 8.67. The molecule has 0 spiro atoms. The average molecular weight is 326 g/mol. The monoisotopic (exact) mass is 326 g/mol. The van der Waals surface area contributed by atoms with Gasteiger partial charge in [0.15, 0.2) is 0 Å². The van der Waals surface area contributed by atoms with Crippen LogP contribution in [0.5, 0.6) is 0 Å². The molecule has 2 aromatic rings. The molecule has 0 aromatic heterocycles. The minimum Gasteiger partial charge on any atom is -0.385 e. The number of fused-ring (bicyclic) bond motifs is 1. The number of rotatable bonds is 7. The molecule has 4 nitrogen and oxygen atoms in total. The molecule has 1 unspecified atom stereocenters. The number of benzene rings is 2. The van der Waals surface area contributed by atoms with Gasteiger partial charge in [0.2, 0.25) is 5.91 Å². The molecule has 1 aliphatic carbocycles. The average Bonchev–Trinajstić information content (AvgIpc) is 2.58. The second-order valence-electron chi connectivity index (χ2n) is 6.75. The molecule has 0 bridgehead atoms. The van der Waals surface area contributed by atoms with E-state index in [1.807, 2.05) is 12.1 Å². The summed E-state index contributed by atoms with van der Waals surface area (Å²) < 4.78 is 5.18. The van der Waals surface area contributed by atoms with E-state index in [1.54, 1.807) is 7.11 Å². The molecule has 0 saturated heterocycles. The number of hydrogen-bond acceptors (Lipinski definition) is 3. The Hall–Kier alpha value is -1.91. The number of carbonyl (C=O) groups excluding carboxylic acids is 1. The van der Waals surface area contributed by atoms with Crippen LogP contribution < -0.4 is 11.1 Å². The number of ether oxygens (including phenoxy) is 1. The lowest BCUT2D eigenvalue weighted by Gasteiger charge is -2.41. The van der Waals surface area contributed by atoms with Crippen LogP contribution in [0.1, 0.15) is 37.3 Å². The predicted octanol–water partition coefficient (Wildman–Crippen LogP) is 3.16. The van der Waals surface area contributed by atoms with Crippen LogP contribution in [0.3, 0.4) is 0 Å². The molecule has 128 valence electrons. The lowest BCUT2D eigenvalue weighted by atomic mass is 9.66. The highest BCUT2D eigenvalue weighted by Crippen LogP contribution is 2.44. The minimum atomic E-state index is -0.264. The first-order valence-corrected chi connectivity index (χ1v) is 8.67. The molecule has 3 rings (SSSR count). The molecule has 2 aromatic carbocycles. The molecule has 0 aliphatic heterocycles. The maximum atomic E-state index is 12.8. The van der Waals surface area contributed by atoms with Gasteiger partial charge in [0.1, 0.15) is 0 Å². The summed E-state index contributed by atoms with van der Waals surface area (Å²) in [5, 5.41) is 5.54. The third-order valence-corrected chi connectivity index (χ3v) is 5.29. The summed E-state index contributed by atoms with van der Waals surface area (Å²) in [4.78, 5) is 12.8. The highest BCUT2D eigenvalue weighted by molar-refractivity contribution is 5.85. The predicted molar refractivity (Wildman–Crippen MR) is 96.7 cm³/mol. The van der Waals surface area contributed by atoms with Gasteiger partial charge < -0.3 is 15.8 Å². The number of nitrogens with one attached hydrogen (secondary N) is 1. The number of amides is 1. The van der Waals surface area contributed by atoms with Gasteiger partial charge in [-0.05, 0) is 41.7 Å². The second kappa shape index (κ2) is 7.32. The van der Waals surface area contributed by atoms with Gasteiger partial charge in [-0.3, -0.25) is 4.79 Å². The van der Waals surface area contributed by atoms with Crippen molar-refractivity contribution in [2.45, 2.75) is 31.7 Å². The lowest BCUT2D eigenvalue weighted by Crippen LogP contribution is -2.48. The Morgan fingerprint density at radius 1 is 1.25 bits per heavy atom. The molecule has 1 amide bonds. The van der Waals surface area contributed by atoms with Crippen molar-refractivity contribution in [3.05, 3.63) is 48.0 Å². The van der Waals surface area contributed by atoms with Gasteiger partial charge in [0, 0.05) is 20.3 Å². The molecular formula is C20H26N2O2. The molecule has 3 N–H and O–H groups in total. The summed E-state index contributed by atoms with van der Waals surface area (Å²) in [6, 6.07) is 14.3. The van der Waals surface area contributed by atoms with Crippen molar-refractivity contribution >= 4 is 16.7 Å². The van der Waals surface area contributed by atoms with E-state index in [9.17, 15) is 4.79 Å². The van der Waals surface area contributed by atoms with Gasteiger partial charge in [-0.1, -0.05) is 42.8 Å². The molecule has 1 atom stereocenters. The molecule has 0 heterocycles. The summed E-state index contributed by atoms with van der Waals surface area (Å²) in [5.74, 6) is 0.120. The number of nitrogens with two attached hydrogens (primary N) is 1. The van der Waals surface area contributed by atoms with Crippen LogP contribution in [0.2, 0.25) is 0 Å². The van der Waals surface area contributed by atoms with Gasteiger partial charge in [0.05, 0.1) is 11.5 Å². The Kier molecular flexibility index (Phi) is 5.17. The van der Waals surface area contributed by atoms with Crippen LogP contribution >= 0.6 is 0 Å². The van der Waals surface area contributed by atoms with E-state index in [0.717, 1.165) is 31.2 Å². The summed E-state index contributed by atoms with van der Waals surface area (Å²) >= 11 is 0. The largest absolute Gasteiger partial charge is 0.385 e. The fourth-order valence-corrected chi connectivity index (χ4v) is 3.51. The zero-order chi connectivity index (χ0) is 17.0. The summed E-state index contributed by atoms with van der Waals surface area (Å²) in [7, 11) is 1.68. The molecule has 1 aliphatic rings. The third kappa shape index (κ3) is 3.30. The zero-order valence-electron chi connectivity index (χ0n) is 14.3. The molecule has 0 radical (unpaired) electrons. The van der Waals surface area contributed by atoms with Crippen LogP contribution in [0.15, 0.2) is 42.5 Å². The van der Waals surface area contributed by atoms with Crippen LogP contribution in [0.25, 0.3) is 10.8 Å². The van der Waals surface area contributed by atoms with Crippen LogP contribution in [-0.2, 0) is 9.53 Å². The van der Waals surface area contributed by atoms with E-state index in [2.05, 4.69) is 35.6 Å². The quantitative estimate of drug-likeness (QED) is 0.821. The van der Waals surface area contributed by atoms with Gasteiger partial charge in [0.25, 0.3) is 0 Å². The second-order valence-corrected chi connectivity index (χ2v) is 6.75. The van der Waals surface area contributed by atoms with Crippen molar-refractivity contribution in [3.8, 4) is 0 Å². The smallest absolute Gasteiger partial charge is 0.226 e. The Morgan fingerprint density at radius 2 is 2.00 bits per heavy atom. The summed E-state index contributed by atoms with van der Waals surface area (Å²) in [6.45, 7) is 1.02. The van der Waals surface area contributed by atoms with E-state index < -0.39 is 0 Å². The van der Waals surface area contributed by atoms with Crippen molar-refractivity contribution in [3.63, 3.8) is 0 Å². The Bertz CT molecular complexity index is 710. The third-order valence-electron chi connectivity index (χ3n) is 5.29. The lowest BCUT2D eigenvalue weighted by molar-refractivity contribution is -0.138. The first kappa shape index (κ1) is 16.9. The highest BCUT2D eigenvalue weighted by atomic mass is 16.5. The highest BCUT2D eigenvalue weighted by Gasteiger charge is 2.44. The van der Waals surface area contributed by atoms with Crippen molar-refractivity contribution < 1.29 is 9.53 Å². The Morgan fingerprint density at radius 3 is 2.62 bits per heavy atom. The minimum absolute atomic E-state index is 0.120.